The number of halogens is 2. The number of likely N-dealkylation sites (tertiary alicyclic amines) is 1. The predicted octanol–water partition coefficient (Wildman–Crippen LogP) is 6.97. The first-order chi connectivity index (χ1) is 18.0. The van der Waals surface area contributed by atoms with Gasteiger partial charge in [-0.2, -0.15) is 0 Å². The Morgan fingerprint density at radius 1 is 0.946 bits per heavy atom. The van der Waals surface area contributed by atoms with E-state index < -0.39 is 0 Å². The third-order valence-corrected chi connectivity index (χ3v) is 7.56. The van der Waals surface area contributed by atoms with Gasteiger partial charge in [0.05, 0.1) is 6.67 Å². The maximum atomic E-state index is 14.4. The first-order valence-corrected chi connectivity index (χ1v) is 12.8. The molecular formula is C32H30F2NO2. The Bertz CT molecular complexity index is 1370. The number of alkyl halides is 1. The minimum absolute atomic E-state index is 0.183. The maximum Gasteiger partial charge on any atom is 0.150 e. The smallest absolute Gasteiger partial charge is 0.150 e. The summed E-state index contributed by atoms with van der Waals surface area (Å²) in [5.74, 6) is 2.76. The van der Waals surface area contributed by atoms with Crippen LogP contribution in [0, 0.1) is 24.6 Å². The summed E-state index contributed by atoms with van der Waals surface area (Å²) in [6.45, 7) is 6.85. The highest BCUT2D eigenvalue weighted by molar-refractivity contribution is 5.96. The average molecular weight is 499 g/mol. The number of fused-ring (bicyclic) bond motifs is 1. The van der Waals surface area contributed by atoms with Crippen molar-refractivity contribution in [3.05, 3.63) is 112 Å². The largest absolute Gasteiger partial charge is 0.492 e. The molecule has 3 aromatic carbocycles. The zero-order chi connectivity index (χ0) is 25.5. The molecule has 1 saturated heterocycles. The monoisotopic (exact) mass is 498 g/mol. The van der Waals surface area contributed by atoms with Crippen LogP contribution in [-0.2, 0) is 0 Å². The van der Waals surface area contributed by atoms with E-state index in [2.05, 4.69) is 36.1 Å². The summed E-state index contributed by atoms with van der Waals surface area (Å²) in [6.07, 6.45) is 3.82. The van der Waals surface area contributed by atoms with E-state index in [4.69, 9.17) is 9.47 Å². The van der Waals surface area contributed by atoms with Crippen LogP contribution in [0.25, 0.3) is 11.1 Å². The van der Waals surface area contributed by atoms with Crippen LogP contribution >= 0.6 is 0 Å². The van der Waals surface area contributed by atoms with Crippen molar-refractivity contribution in [2.24, 2.45) is 5.92 Å². The standard InChI is InChI=1S/C32H30F2NO2/c1-20-3-9-26(34)16-28(20)31-21(2)29-15-25(23-4-5-23)8-12-30(29)37-32(31)24-6-10-27(11-7-24)36-14-13-35-18-22(17-33)19-35/h3-12,15-16,22,32H,13-14,17-19H2,1-2H3. The van der Waals surface area contributed by atoms with Crippen LogP contribution in [0.2, 0.25) is 0 Å². The van der Waals surface area contributed by atoms with Crippen LogP contribution in [-0.4, -0.2) is 37.8 Å². The highest BCUT2D eigenvalue weighted by atomic mass is 19.1. The normalized spacial score (nSPS) is 19.4. The van der Waals surface area contributed by atoms with E-state index >= 15 is 0 Å². The fourth-order valence-corrected chi connectivity index (χ4v) is 5.32. The first-order valence-electron chi connectivity index (χ1n) is 12.8. The molecule has 2 aliphatic heterocycles. The molecule has 0 spiro atoms. The highest BCUT2D eigenvalue weighted by Crippen LogP contribution is 2.48. The van der Waals surface area contributed by atoms with Crippen LogP contribution in [0.3, 0.4) is 0 Å². The molecule has 0 N–H and O–H groups in total. The quantitative estimate of drug-likeness (QED) is 0.335. The van der Waals surface area contributed by atoms with Gasteiger partial charge in [-0.05, 0) is 78.1 Å². The zero-order valence-electron chi connectivity index (χ0n) is 21.1. The molecule has 0 saturated carbocycles. The van der Waals surface area contributed by atoms with Gasteiger partial charge in [-0.3, -0.25) is 9.29 Å². The molecule has 5 heteroatoms. The lowest BCUT2D eigenvalue weighted by atomic mass is 9.84. The third-order valence-electron chi connectivity index (χ3n) is 7.56. The van der Waals surface area contributed by atoms with Gasteiger partial charge in [0.15, 0.2) is 0 Å². The molecule has 189 valence electrons. The van der Waals surface area contributed by atoms with E-state index in [0.29, 0.717) is 6.61 Å². The summed E-state index contributed by atoms with van der Waals surface area (Å²) >= 11 is 0. The van der Waals surface area contributed by atoms with Crippen molar-refractivity contribution in [3.63, 3.8) is 0 Å². The van der Waals surface area contributed by atoms with Crippen LogP contribution in [0.4, 0.5) is 8.78 Å². The molecule has 0 amide bonds. The van der Waals surface area contributed by atoms with Gasteiger partial charge in [0.1, 0.15) is 30.0 Å². The summed E-state index contributed by atoms with van der Waals surface area (Å²) in [4.78, 5) is 2.20. The van der Waals surface area contributed by atoms with E-state index in [1.54, 1.807) is 6.07 Å². The number of allylic oxidation sites excluding steroid dienone is 3. The second-order valence-electron chi connectivity index (χ2n) is 10.2. The Kier molecular flexibility index (Phi) is 6.33. The second-order valence-corrected chi connectivity index (χ2v) is 10.2. The van der Waals surface area contributed by atoms with E-state index in [9.17, 15) is 8.78 Å². The van der Waals surface area contributed by atoms with Crippen LogP contribution in [0.5, 0.6) is 11.5 Å². The third kappa shape index (κ3) is 4.80. The molecular weight excluding hydrogens is 468 g/mol. The van der Waals surface area contributed by atoms with Crippen molar-refractivity contribution >= 4 is 11.1 Å². The van der Waals surface area contributed by atoms with Crippen LogP contribution < -0.4 is 9.47 Å². The summed E-state index contributed by atoms with van der Waals surface area (Å²) in [7, 11) is 0. The predicted molar refractivity (Wildman–Crippen MR) is 143 cm³/mol. The Labute approximate surface area is 217 Å². The van der Waals surface area contributed by atoms with E-state index in [1.807, 2.05) is 43.3 Å². The van der Waals surface area contributed by atoms with Gasteiger partial charge in [-0.25, -0.2) is 4.39 Å². The van der Waals surface area contributed by atoms with E-state index in [1.165, 1.54) is 12.0 Å². The number of ether oxygens (including phenoxy) is 2. The number of benzene rings is 3. The Morgan fingerprint density at radius 2 is 1.73 bits per heavy atom. The van der Waals surface area contributed by atoms with Crippen molar-refractivity contribution < 1.29 is 18.3 Å². The second kappa shape index (κ2) is 9.79. The van der Waals surface area contributed by atoms with Gasteiger partial charge >= 0.3 is 0 Å². The van der Waals surface area contributed by atoms with Crippen molar-refractivity contribution in [1.29, 1.82) is 0 Å². The topological polar surface area (TPSA) is 21.7 Å². The maximum absolute atomic E-state index is 14.4. The van der Waals surface area contributed by atoms with Crippen molar-refractivity contribution in [2.45, 2.75) is 20.0 Å². The number of aryl methyl sites for hydroxylation is 1. The lowest BCUT2D eigenvalue weighted by Gasteiger charge is -2.37. The van der Waals surface area contributed by atoms with Gasteiger partial charge < -0.3 is 9.47 Å². The van der Waals surface area contributed by atoms with Gasteiger partial charge in [0.2, 0.25) is 0 Å². The van der Waals surface area contributed by atoms with Crippen LogP contribution in [0.15, 0.2) is 72.8 Å². The Morgan fingerprint density at radius 3 is 2.46 bits per heavy atom. The number of rotatable bonds is 8. The minimum Gasteiger partial charge on any atom is -0.492 e. The van der Waals surface area contributed by atoms with Crippen molar-refractivity contribution in [3.8, 4) is 11.5 Å². The van der Waals surface area contributed by atoms with Crippen molar-refractivity contribution in [2.75, 3.05) is 32.9 Å². The van der Waals surface area contributed by atoms with Gasteiger partial charge in [-0.15, -0.1) is 0 Å². The number of hydrogen-bond acceptors (Lipinski definition) is 3. The highest BCUT2D eigenvalue weighted by Gasteiger charge is 2.31. The van der Waals surface area contributed by atoms with Gasteiger partial charge in [0, 0.05) is 42.6 Å². The molecule has 1 radical (unpaired) electrons. The molecule has 0 bridgehead atoms. The molecule has 3 nitrogen and oxygen atoms in total. The lowest BCUT2D eigenvalue weighted by molar-refractivity contribution is 0.0668. The molecule has 1 fully saturated rings. The fourth-order valence-electron chi connectivity index (χ4n) is 5.32. The molecule has 2 heterocycles. The Balaban J connectivity index is 1.28. The van der Waals surface area contributed by atoms with Gasteiger partial charge in [-0.1, -0.05) is 36.4 Å². The zero-order valence-corrected chi connectivity index (χ0v) is 21.1. The van der Waals surface area contributed by atoms with Gasteiger partial charge in [0.25, 0.3) is 0 Å². The summed E-state index contributed by atoms with van der Waals surface area (Å²) in [5.41, 5.74) is 7.10. The molecule has 3 aliphatic rings. The first kappa shape index (κ1) is 23.9. The van der Waals surface area contributed by atoms with E-state index in [-0.39, 0.29) is 24.5 Å². The fraction of sp³-hybridized carbons (Fsp3) is 0.281. The molecule has 1 unspecified atom stereocenters. The molecule has 1 atom stereocenters. The molecule has 37 heavy (non-hydrogen) atoms. The molecule has 1 aliphatic carbocycles. The van der Waals surface area contributed by atoms with Crippen LogP contribution in [0.1, 0.15) is 40.8 Å². The summed E-state index contributed by atoms with van der Waals surface area (Å²) in [5, 5.41) is 0. The number of nitrogens with zero attached hydrogens (tertiary/aromatic N) is 1. The average Bonchev–Trinajstić information content (AvgIpc) is 3.73. The van der Waals surface area contributed by atoms with Crippen molar-refractivity contribution in [1.82, 2.24) is 4.90 Å². The summed E-state index contributed by atoms with van der Waals surface area (Å²) < 4.78 is 39.6. The van der Waals surface area contributed by atoms with E-state index in [0.717, 1.165) is 70.1 Å². The molecule has 6 rings (SSSR count). The Hall–Kier alpha value is -3.44. The SMILES string of the molecule is CC1=C(c2cc(F)ccc2C)C(c2ccc(OCCN3CC(CF)C3)cc2)Oc2ccc([C]3C=C3)cc21. The summed E-state index contributed by atoms with van der Waals surface area (Å²) in [6, 6.07) is 19.2. The molecule has 3 aromatic rings. The number of hydrogen-bond donors (Lipinski definition) is 0. The lowest BCUT2D eigenvalue weighted by Crippen LogP contribution is -2.49. The molecule has 0 aromatic heterocycles. The minimum atomic E-state index is -0.377.